The van der Waals surface area contributed by atoms with Gasteiger partial charge in [-0.2, -0.15) is 0 Å². The molecule has 2 nitrogen and oxygen atoms in total. The van der Waals surface area contributed by atoms with Crippen molar-refractivity contribution in [3.05, 3.63) is 22.4 Å². The molecular weight excluding hydrogens is 230 g/mol. The number of Topliss-reactive ketones (excluding diaryl/α,β-unsaturated/α-hetero) is 1. The van der Waals surface area contributed by atoms with E-state index in [1.54, 1.807) is 11.3 Å². The van der Waals surface area contributed by atoms with Crippen molar-refractivity contribution in [2.75, 3.05) is 13.6 Å². The maximum atomic E-state index is 11.9. The normalized spacial score (nSPS) is 14.9. The van der Waals surface area contributed by atoms with Gasteiger partial charge in [0.2, 0.25) is 0 Å². The summed E-state index contributed by atoms with van der Waals surface area (Å²) in [6, 6.07) is 4.66. The van der Waals surface area contributed by atoms with Crippen LogP contribution in [0.4, 0.5) is 0 Å². The molecule has 1 aromatic heterocycles. The Kier molecular flexibility index (Phi) is 5.86. The van der Waals surface area contributed by atoms with Gasteiger partial charge in [-0.1, -0.05) is 19.9 Å². The first-order chi connectivity index (χ1) is 8.04. The number of likely N-dealkylation sites (N-methyl/N-ethyl adjacent to an activating group) is 1. The molecule has 0 aliphatic heterocycles. The summed E-state index contributed by atoms with van der Waals surface area (Å²) in [6.07, 6.45) is 1.97. The Morgan fingerprint density at radius 2 is 2.18 bits per heavy atom. The Morgan fingerprint density at radius 3 is 2.71 bits per heavy atom. The molecule has 0 N–H and O–H groups in total. The van der Waals surface area contributed by atoms with E-state index in [9.17, 15) is 4.79 Å². The van der Waals surface area contributed by atoms with Gasteiger partial charge in [0.05, 0.1) is 6.54 Å². The van der Waals surface area contributed by atoms with Crippen molar-refractivity contribution in [3.63, 3.8) is 0 Å². The highest BCUT2D eigenvalue weighted by atomic mass is 32.1. The maximum absolute atomic E-state index is 11.9. The van der Waals surface area contributed by atoms with Gasteiger partial charge < -0.3 is 0 Å². The van der Waals surface area contributed by atoms with Crippen molar-refractivity contribution in [2.24, 2.45) is 5.92 Å². The fourth-order valence-electron chi connectivity index (χ4n) is 1.66. The molecule has 17 heavy (non-hydrogen) atoms. The summed E-state index contributed by atoms with van der Waals surface area (Å²) in [5.74, 6) is 0.541. The highest BCUT2D eigenvalue weighted by molar-refractivity contribution is 7.09. The summed E-state index contributed by atoms with van der Waals surface area (Å²) < 4.78 is 0. The summed E-state index contributed by atoms with van der Waals surface area (Å²) in [6.45, 7) is 6.84. The number of rotatable bonds is 7. The Bertz CT molecular complexity index is 334. The number of carbonyl (C=O) groups is 1. The molecule has 3 heteroatoms. The van der Waals surface area contributed by atoms with E-state index in [0.29, 0.717) is 18.4 Å². The van der Waals surface area contributed by atoms with Crippen LogP contribution in [0.25, 0.3) is 0 Å². The zero-order valence-electron chi connectivity index (χ0n) is 11.3. The molecule has 0 saturated heterocycles. The van der Waals surface area contributed by atoms with Crippen LogP contribution in [0, 0.1) is 5.92 Å². The Morgan fingerprint density at radius 1 is 1.47 bits per heavy atom. The standard InChI is InChI=1S/C14H23NOS/c1-5-11(2)14(16)10-15(4)12(3)9-13-7-6-8-17-13/h6-8,11-12H,5,9-10H2,1-4H3. The van der Waals surface area contributed by atoms with Crippen LogP contribution in [0.5, 0.6) is 0 Å². The minimum Gasteiger partial charge on any atom is -0.298 e. The van der Waals surface area contributed by atoms with Crippen LogP contribution in [-0.2, 0) is 11.2 Å². The molecule has 0 aliphatic carbocycles. The fourth-order valence-corrected chi connectivity index (χ4v) is 2.49. The van der Waals surface area contributed by atoms with E-state index in [4.69, 9.17) is 0 Å². The maximum Gasteiger partial charge on any atom is 0.149 e. The van der Waals surface area contributed by atoms with Gasteiger partial charge in [-0.15, -0.1) is 11.3 Å². The van der Waals surface area contributed by atoms with E-state index in [1.165, 1.54) is 4.88 Å². The molecule has 1 aromatic rings. The van der Waals surface area contributed by atoms with E-state index >= 15 is 0 Å². The van der Waals surface area contributed by atoms with Crippen LogP contribution in [0.2, 0.25) is 0 Å². The molecule has 0 spiro atoms. The van der Waals surface area contributed by atoms with E-state index in [2.05, 4.69) is 36.3 Å². The van der Waals surface area contributed by atoms with Crippen molar-refractivity contribution in [2.45, 2.75) is 39.7 Å². The van der Waals surface area contributed by atoms with E-state index < -0.39 is 0 Å². The predicted molar refractivity (Wildman–Crippen MR) is 74.6 cm³/mol. The van der Waals surface area contributed by atoms with Gasteiger partial charge in [0, 0.05) is 16.8 Å². The average Bonchev–Trinajstić information content (AvgIpc) is 2.80. The van der Waals surface area contributed by atoms with E-state index in [0.717, 1.165) is 12.8 Å². The SMILES string of the molecule is CCC(C)C(=O)CN(C)C(C)Cc1cccs1. The molecule has 2 unspecified atom stereocenters. The van der Waals surface area contributed by atoms with Crippen molar-refractivity contribution >= 4 is 17.1 Å². The van der Waals surface area contributed by atoms with Crippen LogP contribution >= 0.6 is 11.3 Å². The van der Waals surface area contributed by atoms with Gasteiger partial charge in [0.25, 0.3) is 0 Å². The lowest BCUT2D eigenvalue weighted by Gasteiger charge is -2.24. The summed E-state index contributed by atoms with van der Waals surface area (Å²) in [7, 11) is 2.04. The van der Waals surface area contributed by atoms with Gasteiger partial charge in [-0.3, -0.25) is 9.69 Å². The van der Waals surface area contributed by atoms with Crippen LogP contribution in [0.3, 0.4) is 0 Å². The molecule has 0 aliphatic rings. The van der Waals surface area contributed by atoms with Crippen LogP contribution in [-0.4, -0.2) is 30.3 Å². The van der Waals surface area contributed by atoms with E-state index in [-0.39, 0.29) is 5.92 Å². The van der Waals surface area contributed by atoms with Crippen molar-refractivity contribution < 1.29 is 4.79 Å². The smallest absolute Gasteiger partial charge is 0.149 e. The Hall–Kier alpha value is -0.670. The Labute approximate surface area is 109 Å². The van der Waals surface area contributed by atoms with Crippen LogP contribution in [0.15, 0.2) is 17.5 Å². The third kappa shape index (κ3) is 4.60. The van der Waals surface area contributed by atoms with E-state index in [1.807, 2.05) is 14.0 Å². The average molecular weight is 253 g/mol. The number of carbonyl (C=O) groups excluding carboxylic acids is 1. The zero-order chi connectivity index (χ0) is 12.8. The first-order valence-electron chi connectivity index (χ1n) is 6.30. The number of thiophene rings is 1. The van der Waals surface area contributed by atoms with Gasteiger partial charge in [0.15, 0.2) is 0 Å². The van der Waals surface area contributed by atoms with Crippen LogP contribution < -0.4 is 0 Å². The Balaban J connectivity index is 2.41. The van der Waals surface area contributed by atoms with Crippen LogP contribution in [0.1, 0.15) is 32.1 Å². The van der Waals surface area contributed by atoms with Crippen molar-refractivity contribution in [1.82, 2.24) is 4.90 Å². The molecule has 0 aromatic carbocycles. The predicted octanol–water partition coefficient (Wildman–Crippen LogP) is 3.23. The second kappa shape index (κ2) is 6.92. The third-order valence-corrected chi connectivity index (χ3v) is 4.30. The summed E-state index contributed by atoms with van der Waals surface area (Å²) in [5, 5.41) is 2.10. The second-order valence-corrected chi connectivity index (χ2v) is 5.86. The molecule has 0 bridgehead atoms. The summed E-state index contributed by atoms with van der Waals surface area (Å²) in [4.78, 5) is 15.4. The van der Waals surface area contributed by atoms with Gasteiger partial charge >= 0.3 is 0 Å². The number of nitrogens with zero attached hydrogens (tertiary/aromatic N) is 1. The lowest BCUT2D eigenvalue weighted by molar-refractivity contribution is -0.123. The summed E-state index contributed by atoms with van der Waals surface area (Å²) in [5.41, 5.74) is 0. The highest BCUT2D eigenvalue weighted by Gasteiger charge is 2.17. The quantitative estimate of drug-likeness (QED) is 0.743. The second-order valence-electron chi connectivity index (χ2n) is 4.82. The molecule has 0 saturated carbocycles. The first-order valence-corrected chi connectivity index (χ1v) is 7.17. The summed E-state index contributed by atoms with van der Waals surface area (Å²) >= 11 is 1.79. The zero-order valence-corrected chi connectivity index (χ0v) is 12.1. The molecule has 1 heterocycles. The first kappa shape index (κ1) is 14.4. The largest absolute Gasteiger partial charge is 0.298 e. The molecule has 96 valence electrons. The van der Waals surface area contributed by atoms with Crippen molar-refractivity contribution in [1.29, 1.82) is 0 Å². The molecule has 2 atom stereocenters. The lowest BCUT2D eigenvalue weighted by Crippen LogP contribution is -2.36. The topological polar surface area (TPSA) is 20.3 Å². The third-order valence-electron chi connectivity index (χ3n) is 3.40. The van der Waals surface area contributed by atoms with Gasteiger partial charge in [0.1, 0.15) is 5.78 Å². The lowest BCUT2D eigenvalue weighted by atomic mass is 10.0. The number of hydrogen-bond acceptors (Lipinski definition) is 3. The molecular formula is C14H23NOS. The monoisotopic (exact) mass is 253 g/mol. The molecule has 0 fully saturated rings. The number of ketones is 1. The highest BCUT2D eigenvalue weighted by Crippen LogP contribution is 2.14. The molecule has 1 rings (SSSR count). The molecule has 0 radical (unpaired) electrons. The molecule has 0 amide bonds. The van der Waals surface area contributed by atoms with Gasteiger partial charge in [-0.05, 0) is 38.3 Å². The minimum atomic E-state index is 0.186. The minimum absolute atomic E-state index is 0.186. The van der Waals surface area contributed by atoms with Gasteiger partial charge in [-0.25, -0.2) is 0 Å². The van der Waals surface area contributed by atoms with Crippen molar-refractivity contribution in [3.8, 4) is 0 Å². The fraction of sp³-hybridized carbons (Fsp3) is 0.643. The number of hydrogen-bond donors (Lipinski definition) is 0.